The van der Waals surface area contributed by atoms with Crippen LogP contribution < -0.4 is 4.90 Å². The van der Waals surface area contributed by atoms with Crippen molar-refractivity contribution in [2.75, 3.05) is 4.90 Å². The molecule has 0 aliphatic heterocycles. The third-order valence-corrected chi connectivity index (χ3v) is 13.7. The summed E-state index contributed by atoms with van der Waals surface area (Å²) in [5.74, 6) is 0.583. The fraction of sp³-hybridized carbons (Fsp3) is 0.153. The maximum Gasteiger partial charge on any atom is 0.0540 e. The maximum atomic E-state index is 2.54. The maximum absolute atomic E-state index is 2.54. The predicted molar refractivity (Wildman–Crippen MR) is 256 cm³/mol. The van der Waals surface area contributed by atoms with Gasteiger partial charge in [-0.05, 0) is 121 Å². The molecule has 0 bridgehead atoms. The molecule has 0 saturated heterocycles. The summed E-state index contributed by atoms with van der Waals surface area (Å²) in [6.45, 7) is 4.75. The minimum absolute atomic E-state index is 0.0969. The van der Waals surface area contributed by atoms with Crippen LogP contribution in [0.1, 0.15) is 68.6 Å². The first-order valence-corrected chi connectivity index (χ1v) is 21.9. The van der Waals surface area contributed by atoms with Crippen LogP contribution in [0.5, 0.6) is 0 Å². The van der Waals surface area contributed by atoms with Gasteiger partial charge >= 0.3 is 0 Å². The molecule has 60 heavy (non-hydrogen) atoms. The van der Waals surface area contributed by atoms with Gasteiger partial charge < -0.3 is 4.90 Å². The van der Waals surface area contributed by atoms with E-state index in [1.807, 2.05) is 0 Å². The first kappa shape index (κ1) is 36.4. The van der Waals surface area contributed by atoms with Crippen molar-refractivity contribution in [1.82, 2.24) is 0 Å². The Morgan fingerprint density at radius 3 is 1.83 bits per heavy atom. The molecule has 9 aromatic carbocycles. The fourth-order valence-electron chi connectivity index (χ4n) is 10.7. The van der Waals surface area contributed by atoms with Crippen molar-refractivity contribution in [3.63, 3.8) is 0 Å². The third-order valence-electron chi connectivity index (χ3n) is 13.7. The van der Waals surface area contributed by atoms with Gasteiger partial charge in [-0.15, -0.1) is 0 Å². The minimum Gasteiger partial charge on any atom is -0.309 e. The van der Waals surface area contributed by atoms with E-state index < -0.39 is 0 Å². The summed E-state index contributed by atoms with van der Waals surface area (Å²) in [6.07, 6.45) is 6.49. The predicted octanol–water partition coefficient (Wildman–Crippen LogP) is 16.8. The molecule has 1 nitrogen and oxygen atoms in total. The highest BCUT2D eigenvalue weighted by Gasteiger charge is 2.35. The summed E-state index contributed by atoms with van der Waals surface area (Å²) in [5.41, 5.74) is 17.7. The number of anilines is 3. The number of benzene rings is 9. The first-order valence-electron chi connectivity index (χ1n) is 21.9. The van der Waals surface area contributed by atoms with E-state index in [2.05, 4.69) is 213 Å². The van der Waals surface area contributed by atoms with E-state index in [1.54, 1.807) is 0 Å². The van der Waals surface area contributed by atoms with Crippen molar-refractivity contribution in [1.29, 1.82) is 0 Å². The second-order valence-electron chi connectivity index (χ2n) is 17.5. The van der Waals surface area contributed by atoms with Crippen LogP contribution in [0.15, 0.2) is 194 Å². The molecule has 1 saturated carbocycles. The normalized spacial score (nSPS) is 14.6. The summed E-state index contributed by atoms with van der Waals surface area (Å²) in [7, 11) is 0. The number of para-hydroxylation sites is 2. The number of hydrogen-bond acceptors (Lipinski definition) is 1. The van der Waals surface area contributed by atoms with E-state index >= 15 is 0 Å². The van der Waals surface area contributed by atoms with Crippen LogP contribution in [0.25, 0.3) is 66.1 Å². The lowest BCUT2D eigenvalue weighted by molar-refractivity contribution is 0.445. The molecule has 0 radical (unpaired) electrons. The highest BCUT2D eigenvalue weighted by molar-refractivity contribution is 6.05. The molecule has 0 spiro atoms. The molecule has 2 aliphatic rings. The Morgan fingerprint density at radius 2 is 1.00 bits per heavy atom. The first-order chi connectivity index (χ1) is 29.5. The van der Waals surface area contributed by atoms with Crippen molar-refractivity contribution in [3.05, 3.63) is 211 Å². The van der Waals surface area contributed by atoms with Crippen molar-refractivity contribution >= 4 is 38.6 Å². The van der Waals surface area contributed by atoms with Crippen molar-refractivity contribution < 1.29 is 0 Å². The van der Waals surface area contributed by atoms with Gasteiger partial charge in [0.1, 0.15) is 0 Å². The Balaban J connectivity index is 1.15. The van der Waals surface area contributed by atoms with Crippen molar-refractivity contribution in [2.24, 2.45) is 0 Å². The molecule has 0 amide bonds. The van der Waals surface area contributed by atoms with Gasteiger partial charge in [0.2, 0.25) is 0 Å². The van der Waals surface area contributed by atoms with Gasteiger partial charge in [-0.25, -0.2) is 0 Å². The SMILES string of the molecule is CC1(C)c2ccccc2-c2ccc(-c3ccccc3N(c3cccc(-c4cccc5ccccc45)c3)c3ccccc3-c3cccc4cccc(C5CCCCC5)c34)cc21. The summed E-state index contributed by atoms with van der Waals surface area (Å²) in [5, 5.41) is 5.23. The number of nitrogens with zero attached hydrogens (tertiary/aromatic N) is 1. The minimum atomic E-state index is -0.0969. The Morgan fingerprint density at radius 1 is 0.417 bits per heavy atom. The van der Waals surface area contributed by atoms with Crippen LogP contribution in [-0.2, 0) is 5.41 Å². The zero-order chi connectivity index (χ0) is 40.2. The lowest BCUT2D eigenvalue weighted by Gasteiger charge is -2.31. The zero-order valence-electron chi connectivity index (χ0n) is 34.5. The van der Waals surface area contributed by atoms with E-state index in [1.165, 1.54) is 121 Å². The quantitative estimate of drug-likeness (QED) is 0.156. The van der Waals surface area contributed by atoms with Crippen LogP contribution in [0.2, 0.25) is 0 Å². The number of hydrogen-bond donors (Lipinski definition) is 0. The summed E-state index contributed by atoms with van der Waals surface area (Å²) >= 11 is 0. The Labute approximate surface area is 354 Å². The van der Waals surface area contributed by atoms with E-state index in [4.69, 9.17) is 0 Å². The standard InChI is InChI=1S/C59H49N/c1-59(2)54-33-11-8-28-50(54)51-37-36-44(39-55(51)59)48-27-9-12-34-56(48)60(45-25-14-24-43(38-45)47-30-15-21-40-20-6-7-26-46(40)47)57-35-13-10-29-52(57)53-32-17-23-42-22-16-31-49(58(42)53)41-18-4-3-5-19-41/h6-17,20-39,41H,3-5,18-19H2,1-2H3. The van der Waals surface area contributed by atoms with E-state index in [-0.39, 0.29) is 5.41 Å². The monoisotopic (exact) mass is 771 g/mol. The molecule has 1 fully saturated rings. The van der Waals surface area contributed by atoms with E-state index in [0.29, 0.717) is 5.92 Å². The molecule has 0 aromatic heterocycles. The van der Waals surface area contributed by atoms with Crippen LogP contribution >= 0.6 is 0 Å². The fourth-order valence-corrected chi connectivity index (χ4v) is 10.7. The van der Waals surface area contributed by atoms with Crippen molar-refractivity contribution in [3.8, 4) is 44.5 Å². The van der Waals surface area contributed by atoms with Gasteiger partial charge in [-0.2, -0.15) is 0 Å². The van der Waals surface area contributed by atoms with Gasteiger partial charge in [0.05, 0.1) is 11.4 Å². The highest BCUT2D eigenvalue weighted by atomic mass is 15.1. The Hall–Kier alpha value is -6.70. The summed E-state index contributed by atoms with van der Waals surface area (Å²) in [4.78, 5) is 2.54. The molecule has 0 atom stereocenters. The van der Waals surface area contributed by atoms with Crippen LogP contribution in [-0.4, -0.2) is 0 Å². The molecule has 2 aliphatic carbocycles. The van der Waals surface area contributed by atoms with Crippen molar-refractivity contribution in [2.45, 2.75) is 57.3 Å². The molecule has 0 N–H and O–H groups in total. The zero-order valence-corrected chi connectivity index (χ0v) is 34.5. The molecule has 0 heterocycles. The molecule has 9 aromatic rings. The molecule has 290 valence electrons. The summed E-state index contributed by atoms with van der Waals surface area (Å²) < 4.78 is 0. The van der Waals surface area contributed by atoms with Gasteiger partial charge in [0.15, 0.2) is 0 Å². The lowest BCUT2D eigenvalue weighted by atomic mass is 9.80. The van der Waals surface area contributed by atoms with Crippen LogP contribution in [0.4, 0.5) is 17.1 Å². The highest BCUT2D eigenvalue weighted by Crippen LogP contribution is 2.52. The summed E-state index contributed by atoms with van der Waals surface area (Å²) in [6, 6.07) is 72.8. The van der Waals surface area contributed by atoms with E-state index in [0.717, 1.165) is 11.4 Å². The lowest BCUT2D eigenvalue weighted by Crippen LogP contribution is -2.15. The Kier molecular flexibility index (Phi) is 9.00. The van der Waals surface area contributed by atoms with Gasteiger partial charge in [-0.3, -0.25) is 0 Å². The number of rotatable bonds is 7. The molecule has 11 rings (SSSR count). The van der Waals surface area contributed by atoms with Gasteiger partial charge in [0, 0.05) is 22.2 Å². The Bertz CT molecular complexity index is 3060. The van der Waals surface area contributed by atoms with Crippen LogP contribution in [0, 0.1) is 0 Å². The second-order valence-corrected chi connectivity index (χ2v) is 17.5. The van der Waals surface area contributed by atoms with Gasteiger partial charge in [0.25, 0.3) is 0 Å². The topological polar surface area (TPSA) is 3.24 Å². The second kappa shape index (κ2) is 14.8. The third kappa shape index (κ3) is 6.06. The number of fused-ring (bicyclic) bond motifs is 5. The van der Waals surface area contributed by atoms with Crippen LogP contribution in [0.3, 0.4) is 0 Å². The molecular formula is C59H49N. The molecular weight excluding hydrogens is 723 g/mol. The molecule has 1 heteroatoms. The molecule has 0 unspecified atom stereocenters. The average molecular weight is 772 g/mol. The largest absolute Gasteiger partial charge is 0.309 e. The van der Waals surface area contributed by atoms with Gasteiger partial charge in [-0.1, -0.05) is 197 Å². The average Bonchev–Trinajstić information content (AvgIpc) is 3.54. The van der Waals surface area contributed by atoms with E-state index in [9.17, 15) is 0 Å². The smallest absolute Gasteiger partial charge is 0.0540 e.